The number of halogens is 1. The lowest BCUT2D eigenvalue weighted by molar-refractivity contribution is 0.0939. The molecule has 0 fully saturated rings. The second kappa shape index (κ2) is 12.6. The van der Waals surface area contributed by atoms with Gasteiger partial charge in [-0.3, -0.25) is 4.79 Å². The first kappa shape index (κ1) is 22.2. The number of carbonyl (C=O) groups is 1. The Morgan fingerprint density at radius 3 is 2.71 bits per heavy atom. The van der Waals surface area contributed by atoms with Crippen molar-refractivity contribution in [3.05, 3.63) is 35.4 Å². The average molecular weight is 442 g/mol. The highest BCUT2D eigenvalue weighted by Crippen LogP contribution is 2.07. The quantitative estimate of drug-likeness (QED) is 0.263. The molecule has 1 aromatic rings. The Kier molecular flexibility index (Phi) is 11.7. The van der Waals surface area contributed by atoms with Gasteiger partial charge in [0.1, 0.15) is 0 Å². The van der Waals surface area contributed by atoms with E-state index in [1.165, 1.54) is 0 Å². The van der Waals surface area contributed by atoms with E-state index in [0.717, 1.165) is 18.5 Å². The van der Waals surface area contributed by atoms with E-state index in [1.54, 1.807) is 0 Å². The first-order valence-corrected chi connectivity index (χ1v) is 7.96. The maximum Gasteiger partial charge on any atom is 0.251 e. The lowest BCUT2D eigenvalue weighted by Crippen LogP contribution is -2.37. The van der Waals surface area contributed by atoms with Crippen molar-refractivity contribution in [3.8, 4) is 12.3 Å². The number of amides is 1. The molecule has 1 rings (SSSR count). The number of aliphatic imine (C=N–C) groups is 1. The van der Waals surface area contributed by atoms with E-state index in [2.05, 4.69) is 26.9 Å². The monoisotopic (exact) mass is 442 g/mol. The molecule has 0 spiro atoms. The minimum atomic E-state index is -0.0532. The number of nitrogens with zero attached hydrogens (tertiary/aromatic N) is 1. The zero-order valence-electron chi connectivity index (χ0n) is 14.6. The van der Waals surface area contributed by atoms with E-state index in [-0.39, 0.29) is 35.9 Å². The molecule has 132 valence electrons. The Morgan fingerprint density at radius 2 is 2.08 bits per heavy atom. The van der Waals surface area contributed by atoms with Crippen LogP contribution in [0.15, 0.2) is 29.3 Å². The summed E-state index contributed by atoms with van der Waals surface area (Å²) >= 11 is 0. The molecule has 5 nitrogen and oxygen atoms in total. The van der Waals surface area contributed by atoms with Crippen molar-refractivity contribution in [3.63, 3.8) is 0 Å². The van der Waals surface area contributed by atoms with Crippen molar-refractivity contribution >= 4 is 35.8 Å². The zero-order chi connectivity index (χ0) is 17.1. The molecule has 3 N–H and O–H groups in total. The van der Waals surface area contributed by atoms with Crippen molar-refractivity contribution in [2.75, 3.05) is 13.1 Å². The first-order chi connectivity index (χ1) is 11.1. The highest BCUT2D eigenvalue weighted by Gasteiger charge is 2.08. The van der Waals surface area contributed by atoms with Gasteiger partial charge in [0, 0.05) is 18.2 Å². The van der Waals surface area contributed by atoms with Gasteiger partial charge in [-0.05, 0) is 38.0 Å². The van der Waals surface area contributed by atoms with Gasteiger partial charge in [0.05, 0.1) is 13.1 Å². The minimum absolute atomic E-state index is 0. The molecule has 0 aliphatic heterocycles. The standard InChI is InChI=1S/C18H26N4O.HI/c1-5-11-20-18(19-7-3)21-13-15-9-8-10-16(12-15)17(23)22-14(4)6-2;/h1,8-10,12,14H,6-7,11,13H2,2-4H3,(H,22,23)(H2,19,20,21);1H. The molecule has 0 aliphatic rings. The summed E-state index contributed by atoms with van der Waals surface area (Å²) in [6.07, 6.45) is 6.15. The molecular formula is C18H27IN4O. The molecule has 6 heteroatoms. The molecule has 1 aromatic carbocycles. The van der Waals surface area contributed by atoms with Gasteiger partial charge < -0.3 is 16.0 Å². The van der Waals surface area contributed by atoms with Crippen LogP contribution >= 0.6 is 24.0 Å². The van der Waals surface area contributed by atoms with Gasteiger partial charge >= 0.3 is 0 Å². The molecule has 0 aliphatic carbocycles. The Bertz CT molecular complexity index is 581. The molecule has 1 atom stereocenters. The first-order valence-electron chi connectivity index (χ1n) is 7.96. The molecule has 0 radical (unpaired) electrons. The summed E-state index contributed by atoms with van der Waals surface area (Å²) < 4.78 is 0. The second-order valence-electron chi connectivity index (χ2n) is 5.24. The third-order valence-corrected chi connectivity index (χ3v) is 3.30. The largest absolute Gasteiger partial charge is 0.357 e. The van der Waals surface area contributed by atoms with E-state index in [1.807, 2.05) is 45.0 Å². The number of benzene rings is 1. The van der Waals surface area contributed by atoms with Crippen LogP contribution < -0.4 is 16.0 Å². The second-order valence-corrected chi connectivity index (χ2v) is 5.24. The maximum atomic E-state index is 12.2. The molecule has 0 saturated heterocycles. The van der Waals surface area contributed by atoms with Gasteiger partial charge in [0.2, 0.25) is 0 Å². The van der Waals surface area contributed by atoms with Crippen LogP contribution in [0.2, 0.25) is 0 Å². The number of carbonyl (C=O) groups excluding carboxylic acids is 1. The van der Waals surface area contributed by atoms with Crippen molar-refractivity contribution < 1.29 is 4.79 Å². The minimum Gasteiger partial charge on any atom is -0.357 e. The van der Waals surface area contributed by atoms with E-state index < -0.39 is 0 Å². The van der Waals surface area contributed by atoms with Gasteiger partial charge in [0.25, 0.3) is 5.91 Å². The molecule has 0 bridgehead atoms. The fourth-order valence-electron chi connectivity index (χ4n) is 1.87. The smallest absolute Gasteiger partial charge is 0.251 e. The lowest BCUT2D eigenvalue weighted by atomic mass is 10.1. The molecule has 24 heavy (non-hydrogen) atoms. The predicted octanol–water partition coefficient (Wildman–Crippen LogP) is 2.52. The molecule has 1 amide bonds. The van der Waals surface area contributed by atoms with Crippen LogP contribution in [0.25, 0.3) is 0 Å². The number of guanidine groups is 1. The number of terminal acetylenes is 1. The summed E-state index contributed by atoms with van der Waals surface area (Å²) in [5.74, 6) is 3.13. The molecular weight excluding hydrogens is 415 g/mol. The summed E-state index contributed by atoms with van der Waals surface area (Å²) in [5, 5.41) is 9.12. The maximum absolute atomic E-state index is 12.2. The van der Waals surface area contributed by atoms with Crippen molar-refractivity contribution in [2.24, 2.45) is 4.99 Å². The lowest BCUT2D eigenvalue weighted by Gasteiger charge is -2.12. The van der Waals surface area contributed by atoms with Crippen LogP contribution in [0.3, 0.4) is 0 Å². The normalized spacial score (nSPS) is 11.7. The predicted molar refractivity (Wildman–Crippen MR) is 111 cm³/mol. The van der Waals surface area contributed by atoms with E-state index in [9.17, 15) is 4.79 Å². The van der Waals surface area contributed by atoms with Gasteiger partial charge in [-0.2, -0.15) is 0 Å². The van der Waals surface area contributed by atoms with Gasteiger partial charge in [-0.25, -0.2) is 4.99 Å². The topological polar surface area (TPSA) is 65.5 Å². The van der Waals surface area contributed by atoms with Crippen LogP contribution in [-0.2, 0) is 6.54 Å². The Labute approximate surface area is 162 Å². The van der Waals surface area contributed by atoms with Gasteiger partial charge in [-0.1, -0.05) is 25.0 Å². The summed E-state index contributed by atoms with van der Waals surface area (Å²) in [7, 11) is 0. The highest BCUT2D eigenvalue weighted by molar-refractivity contribution is 14.0. The van der Waals surface area contributed by atoms with Crippen LogP contribution in [-0.4, -0.2) is 31.0 Å². The number of nitrogens with one attached hydrogen (secondary N) is 3. The van der Waals surface area contributed by atoms with E-state index in [4.69, 9.17) is 6.42 Å². The third kappa shape index (κ3) is 8.20. The van der Waals surface area contributed by atoms with Crippen LogP contribution in [0.1, 0.15) is 43.1 Å². The number of rotatable bonds is 7. The fraction of sp³-hybridized carbons (Fsp3) is 0.444. The Morgan fingerprint density at radius 1 is 1.33 bits per heavy atom. The molecule has 0 saturated carbocycles. The Balaban J connectivity index is 0.00000529. The van der Waals surface area contributed by atoms with E-state index in [0.29, 0.717) is 24.6 Å². The third-order valence-electron chi connectivity index (χ3n) is 3.30. The fourth-order valence-corrected chi connectivity index (χ4v) is 1.87. The summed E-state index contributed by atoms with van der Waals surface area (Å²) in [6.45, 7) is 7.68. The Hall–Kier alpha value is -1.75. The molecule has 1 unspecified atom stereocenters. The highest BCUT2D eigenvalue weighted by atomic mass is 127. The molecule has 0 heterocycles. The number of hydrogen-bond donors (Lipinski definition) is 3. The van der Waals surface area contributed by atoms with Crippen molar-refractivity contribution in [1.82, 2.24) is 16.0 Å². The number of hydrogen-bond acceptors (Lipinski definition) is 2. The summed E-state index contributed by atoms with van der Waals surface area (Å²) in [5.41, 5.74) is 1.62. The van der Waals surface area contributed by atoms with Crippen LogP contribution in [0.5, 0.6) is 0 Å². The SMILES string of the molecule is C#CCNC(=NCc1cccc(C(=O)NC(C)CC)c1)NCC.I. The van der Waals surface area contributed by atoms with Crippen LogP contribution in [0.4, 0.5) is 0 Å². The zero-order valence-corrected chi connectivity index (χ0v) is 16.9. The summed E-state index contributed by atoms with van der Waals surface area (Å²) in [4.78, 5) is 16.6. The van der Waals surface area contributed by atoms with Crippen molar-refractivity contribution in [1.29, 1.82) is 0 Å². The van der Waals surface area contributed by atoms with Crippen molar-refractivity contribution in [2.45, 2.75) is 39.8 Å². The average Bonchev–Trinajstić information content (AvgIpc) is 2.57. The summed E-state index contributed by atoms with van der Waals surface area (Å²) in [6, 6.07) is 7.67. The van der Waals surface area contributed by atoms with E-state index >= 15 is 0 Å². The van der Waals surface area contributed by atoms with Crippen LogP contribution in [0, 0.1) is 12.3 Å². The van der Waals surface area contributed by atoms with Gasteiger partial charge in [0.15, 0.2) is 5.96 Å². The van der Waals surface area contributed by atoms with Gasteiger partial charge in [-0.15, -0.1) is 30.4 Å². The molecule has 0 aromatic heterocycles.